The van der Waals surface area contributed by atoms with Crippen LogP contribution in [-0.4, -0.2) is 18.8 Å². The molecule has 1 aromatic carbocycles. The molecule has 1 N–H and O–H groups in total. The zero-order valence-electron chi connectivity index (χ0n) is 13.6. The number of hydrogen-bond acceptors (Lipinski definition) is 2. The molecule has 2 rings (SSSR count). The van der Waals surface area contributed by atoms with Crippen molar-refractivity contribution in [1.82, 2.24) is 0 Å². The number of rotatable bonds is 6. The topological polar surface area (TPSA) is 21.3 Å². The minimum atomic E-state index is 0.250. The van der Waals surface area contributed by atoms with Crippen LogP contribution in [-0.2, 0) is 4.74 Å². The fraction of sp³-hybridized carbons (Fsp3) is 0.667. The Hall–Kier alpha value is -1.02. The minimum Gasteiger partial charge on any atom is -0.381 e. The molecule has 2 heteroatoms. The Morgan fingerprint density at radius 1 is 1.30 bits per heavy atom. The predicted octanol–water partition coefficient (Wildman–Crippen LogP) is 4.82. The Morgan fingerprint density at radius 3 is 2.60 bits per heavy atom. The first-order valence-electron chi connectivity index (χ1n) is 8.00. The van der Waals surface area contributed by atoms with Crippen LogP contribution in [0.25, 0.3) is 0 Å². The van der Waals surface area contributed by atoms with Gasteiger partial charge in [0.05, 0.1) is 6.10 Å². The van der Waals surface area contributed by atoms with Gasteiger partial charge >= 0.3 is 0 Å². The maximum atomic E-state index is 5.89. The van der Waals surface area contributed by atoms with Crippen molar-refractivity contribution in [3.63, 3.8) is 0 Å². The molecule has 1 fully saturated rings. The maximum Gasteiger partial charge on any atom is 0.0667 e. The van der Waals surface area contributed by atoms with Crippen LogP contribution >= 0.6 is 0 Å². The summed E-state index contributed by atoms with van der Waals surface area (Å²) in [7, 11) is 0. The molecule has 1 aliphatic rings. The second-order valence-electron chi connectivity index (χ2n) is 6.48. The van der Waals surface area contributed by atoms with Gasteiger partial charge in [-0.1, -0.05) is 45.9 Å². The van der Waals surface area contributed by atoms with E-state index < -0.39 is 0 Å². The summed E-state index contributed by atoms with van der Waals surface area (Å²) in [5.41, 5.74) is 2.95. The molecule has 1 aliphatic carbocycles. The molecule has 0 radical (unpaired) electrons. The second kappa shape index (κ2) is 6.17. The lowest BCUT2D eigenvalue weighted by molar-refractivity contribution is -0.109. The van der Waals surface area contributed by atoms with Crippen molar-refractivity contribution in [1.29, 1.82) is 0 Å². The Balaban J connectivity index is 2.12. The van der Waals surface area contributed by atoms with E-state index >= 15 is 0 Å². The van der Waals surface area contributed by atoms with Crippen LogP contribution in [0.4, 0.5) is 5.69 Å². The zero-order chi connectivity index (χ0) is 14.8. The molecule has 0 aromatic heterocycles. The van der Waals surface area contributed by atoms with E-state index in [1.807, 2.05) is 0 Å². The molecule has 3 atom stereocenters. The number of ether oxygens (including phenoxy) is 1. The highest BCUT2D eigenvalue weighted by Crippen LogP contribution is 2.47. The standard InChI is InChI=1S/C18H29NO/c1-6-18(5)16(12-17(18)20-7-2)19-15-11-9-8-10-14(15)13(3)4/h8-11,13,16-17,19H,6-7,12H2,1-5H3. The van der Waals surface area contributed by atoms with Gasteiger partial charge in [-0.3, -0.25) is 0 Å². The lowest BCUT2D eigenvalue weighted by Crippen LogP contribution is -2.59. The molecule has 0 heterocycles. The summed E-state index contributed by atoms with van der Waals surface area (Å²) < 4.78 is 5.89. The van der Waals surface area contributed by atoms with Gasteiger partial charge in [-0.25, -0.2) is 0 Å². The highest BCUT2D eigenvalue weighted by molar-refractivity contribution is 5.54. The van der Waals surface area contributed by atoms with Crippen molar-refractivity contribution in [2.24, 2.45) is 5.41 Å². The van der Waals surface area contributed by atoms with Crippen LogP contribution in [0.2, 0.25) is 0 Å². The van der Waals surface area contributed by atoms with E-state index in [1.54, 1.807) is 0 Å². The molecule has 0 spiro atoms. The van der Waals surface area contributed by atoms with Crippen LogP contribution in [0.5, 0.6) is 0 Å². The first-order valence-corrected chi connectivity index (χ1v) is 8.00. The van der Waals surface area contributed by atoms with Crippen molar-refractivity contribution < 1.29 is 4.74 Å². The van der Waals surface area contributed by atoms with Crippen LogP contribution in [0, 0.1) is 5.41 Å². The summed E-state index contributed by atoms with van der Waals surface area (Å²) in [6.07, 6.45) is 2.67. The van der Waals surface area contributed by atoms with Gasteiger partial charge in [0.25, 0.3) is 0 Å². The van der Waals surface area contributed by atoms with Crippen LogP contribution in [0.15, 0.2) is 24.3 Å². The van der Waals surface area contributed by atoms with E-state index in [9.17, 15) is 0 Å². The molecular formula is C18H29NO. The van der Waals surface area contributed by atoms with E-state index in [2.05, 4.69) is 64.2 Å². The van der Waals surface area contributed by atoms with Gasteiger partial charge in [-0.05, 0) is 37.3 Å². The Labute approximate surface area is 123 Å². The third-order valence-electron chi connectivity index (χ3n) is 5.02. The lowest BCUT2D eigenvalue weighted by Gasteiger charge is -2.54. The normalized spacial score (nSPS) is 29.3. The van der Waals surface area contributed by atoms with Crippen molar-refractivity contribution in [2.45, 2.75) is 65.5 Å². The molecule has 112 valence electrons. The number of para-hydroxylation sites is 1. The van der Waals surface area contributed by atoms with E-state index in [0.29, 0.717) is 18.1 Å². The summed E-state index contributed by atoms with van der Waals surface area (Å²) in [5.74, 6) is 0.550. The van der Waals surface area contributed by atoms with Gasteiger partial charge in [-0.2, -0.15) is 0 Å². The van der Waals surface area contributed by atoms with Crippen LogP contribution in [0.1, 0.15) is 58.9 Å². The fourth-order valence-corrected chi connectivity index (χ4v) is 3.29. The third-order valence-corrected chi connectivity index (χ3v) is 5.02. The third kappa shape index (κ3) is 2.71. The molecule has 1 saturated carbocycles. The largest absolute Gasteiger partial charge is 0.381 e. The Bertz CT molecular complexity index is 443. The molecule has 1 aromatic rings. The van der Waals surface area contributed by atoms with Crippen LogP contribution in [0.3, 0.4) is 0 Å². The molecule has 0 amide bonds. The number of anilines is 1. The Kier molecular flexibility index (Phi) is 4.74. The van der Waals surface area contributed by atoms with Gasteiger partial charge in [-0.15, -0.1) is 0 Å². The van der Waals surface area contributed by atoms with E-state index in [-0.39, 0.29) is 5.41 Å². The molecule has 0 saturated heterocycles. The van der Waals surface area contributed by atoms with Crippen molar-refractivity contribution >= 4 is 5.69 Å². The molecule has 0 bridgehead atoms. The summed E-state index contributed by atoms with van der Waals surface area (Å²) in [6.45, 7) is 12.0. The predicted molar refractivity (Wildman–Crippen MR) is 86.4 cm³/mol. The zero-order valence-corrected chi connectivity index (χ0v) is 13.6. The maximum absolute atomic E-state index is 5.89. The second-order valence-corrected chi connectivity index (χ2v) is 6.48. The molecule has 2 nitrogen and oxygen atoms in total. The summed E-state index contributed by atoms with van der Waals surface area (Å²) in [5, 5.41) is 3.78. The van der Waals surface area contributed by atoms with Crippen molar-refractivity contribution in [3.05, 3.63) is 29.8 Å². The summed E-state index contributed by atoms with van der Waals surface area (Å²) in [4.78, 5) is 0. The number of benzene rings is 1. The average Bonchev–Trinajstić information content (AvgIpc) is 2.45. The quantitative estimate of drug-likeness (QED) is 0.804. The van der Waals surface area contributed by atoms with E-state index in [0.717, 1.165) is 19.4 Å². The summed E-state index contributed by atoms with van der Waals surface area (Å²) >= 11 is 0. The highest BCUT2D eigenvalue weighted by atomic mass is 16.5. The SMILES string of the molecule is CCOC1CC(Nc2ccccc2C(C)C)C1(C)CC. The van der Waals surface area contributed by atoms with Gasteiger partial charge in [0.15, 0.2) is 0 Å². The number of nitrogens with one attached hydrogen (secondary N) is 1. The molecule has 0 aliphatic heterocycles. The Morgan fingerprint density at radius 2 is 2.00 bits per heavy atom. The van der Waals surface area contributed by atoms with Gasteiger partial charge in [0, 0.05) is 23.8 Å². The van der Waals surface area contributed by atoms with Gasteiger partial charge in [0.1, 0.15) is 0 Å². The van der Waals surface area contributed by atoms with E-state index in [4.69, 9.17) is 4.74 Å². The first-order chi connectivity index (χ1) is 9.52. The highest BCUT2D eigenvalue weighted by Gasteiger charge is 2.51. The van der Waals surface area contributed by atoms with Gasteiger partial charge < -0.3 is 10.1 Å². The monoisotopic (exact) mass is 275 g/mol. The van der Waals surface area contributed by atoms with E-state index in [1.165, 1.54) is 11.3 Å². The molecular weight excluding hydrogens is 246 g/mol. The molecule has 3 unspecified atom stereocenters. The van der Waals surface area contributed by atoms with Crippen molar-refractivity contribution in [3.8, 4) is 0 Å². The minimum absolute atomic E-state index is 0.250. The molecule has 20 heavy (non-hydrogen) atoms. The lowest BCUT2D eigenvalue weighted by atomic mass is 9.61. The van der Waals surface area contributed by atoms with Gasteiger partial charge in [0.2, 0.25) is 0 Å². The summed E-state index contributed by atoms with van der Waals surface area (Å²) in [6, 6.07) is 9.21. The average molecular weight is 275 g/mol. The fourth-order valence-electron chi connectivity index (χ4n) is 3.29. The number of hydrogen-bond donors (Lipinski definition) is 1. The van der Waals surface area contributed by atoms with Crippen molar-refractivity contribution in [2.75, 3.05) is 11.9 Å². The first kappa shape index (κ1) is 15.4. The smallest absolute Gasteiger partial charge is 0.0667 e. The van der Waals surface area contributed by atoms with Crippen LogP contribution < -0.4 is 5.32 Å².